The first-order chi connectivity index (χ1) is 15.2. The smallest absolute Gasteiger partial charge is 0.407 e. The van der Waals surface area contributed by atoms with Crippen LogP contribution in [-0.4, -0.2) is 56.9 Å². The molecule has 2 aromatic rings. The van der Waals surface area contributed by atoms with Gasteiger partial charge in [0.1, 0.15) is 11.6 Å². The lowest BCUT2D eigenvalue weighted by molar-refractivity contribution is -0.147. The number of nitrogens with one attached hydrogen (secondary N) is 1. The summed E-state index contributed by atoms with van der Waals surface area (Å²) < 4.78 is 13.4. The van der Waals surface area contributed by atoms with Crippen LogP contribution in [0.4, 0.5) is 20.7 Å². The van der Waals surface area contributed by atoms with Gasteiger partial charge in [-0.15, -0.1) is 0 Å². The van der Waals surface area contributed by atoms with E-state index in [0.717, 1.165) is 18.4 Å². The average molecular weight is 441 g/mol. The van der Waals surface area contributed by atoms with Crippen LogP contribution in [0.2, 0.25) is 0 Å². The summed E-state index contributed by atoms with van der Waals surface area (Å²) in [6, 6.07) is 5.93. The van der Waals surface area contributed by atoms with E-state index < -0.39 is 35.8 Å². The number of nitrogens with zero attached hydrogens (tertiary/aromatic N) is 3. The quantitative estimate of drug-likeness (QED) is 0.628. The van der Waals surface area contributed by atoms with Crippen LogP contribution >= 0.6 is 0 Å². The van der Waals surface area contributed by atoms with Crippen molar-refractivity contribution in [2.24, 2.45) is 0 Å². The van der Waals surface area contributed by atoms with Crippen LogP contribution in [0.15, 0.2) is 36.5 Å². The Balaban J connectivity index is 1.56. The minimum absolute atomic E-state index is 0.0217. The summed E-state index contributed by atoms with van der Waals surface area (Å²) in [5.41, 5.74) is 7.66. The summed E-state index contributed by atoms with van der Waals surface area (Å²) in [7, 11) is 0. The molecule has 1 aliphatic heterocycles. The zero-order valence-corrected chi connectivity index (χ0v) is 17.5. The Hall–Kier alpha value is -3.69. The van der Waals surface area contributed by atoms with Crippen molar-refractivity contribution in [2.45, 2.75) is 37.8 Å². The third-order valence-electron chi connectivity index (χ3n) is 5.92. The summed E-state index contributed by atoms with van der Waals surface area (Å²) in [6.07, 6.45) is 2.29. The van der Waals surface area contributed by atoms with Gasteiger partial charge in [-0.1, -0.05) is 12.1 Å². The molecule has 0 bridgehead atoms. The molecule has 32 heavy (non-hydrogen) atoms. The number of hydrogen-bond acceptors (Lipinski definition) is 5. The number of nitrogen functional groups attached to an aromatic ring is 1. The predicted octanol–water partition coefficient (Wildman–Crippen LogP) is 2.57. The van der Waals surface area contributed by atoms with Gasteiger partial charge in [0.05, 0.1) is 17.9 Å². The number of aromatic nitrogens is 1. The number of carbonyl (C=O) groups is 3. The minimum atomic E-state index is -1.12. The van der Waals surface area contributed by atoms with Crippen molar-refractivity contribution >= 4 is 29.4 Å². The monoisotopic (exact) mass is 441 g/mol. The number of carbonyl (C=O) groups excluding carboxylic acids is 2. The molecule has 0 unspecified atom stereocenters. The average Bonchev–Trinajstić information content (AvgIpc) is 3.60. The number of piperazine rings is 1. The molecule has 1 saturated carbocycles. The van der Waals surface area contributed by atoms with E-state index in [0.29, 0.717) is 23.0 Å². The fourth-order valence-electron chi connectivity index (χ4n) is 4.03. The molecule has 3 amide bonds. The maximum atomic E-state index is 13.4. The van der Waals surface area contributed by atoms with Gasteiger partial charge in [0, 0.05) is 19.1 Å². The Morgan fingerprint density at radius 2 is 1.84 bits per heavy atom. The van der Waals surface area contributed by atoms with E-state index in [4.69, 9.17) is 5.73 Å². The van der Waals surface area contributed by atoms with E-state index in [1.807, 2.05) is 0 Å². The van der Waals surface area contributed by atoms with Crippen molar-refractivity contribution in [1.29, 1.82) is 0 Å². The molecule has 10 heteroatoms. The summed E-state index contributed by atoms with van der Waals surface area (Å²) in [4.78, 5) is 44.2. The standard InChI is InChI=1S/C22H24FN5O4/c1-12-10-28(18(11-27(12)22(31)32)14-4-6-15(23)7-5-14)21(30)20(29)26-16-8-17(13-2-3-13)19(24)25-9-16/h4-9,12-13,18H,2-3,10-11H2,1H3,(H2,24,25)(H,26,29)(H,31,32)/t12-,18-/m1/s1. The molecule has 1 aromatic heterocycles. The van der Waals surface area contributed by atoms with Crippen LogP contribution < -0.4 is 11.1 Å². The lowest BCUT2D eigenvalue weighted by Gasteiger charge is -2.44. The fraction of sp³-hybridized carbons (Fsp3) is 0.364. The van der Waals surface area contributed by atoms with E-state index in [1.54, 1.807) is 13.0 Å². The van der Waals surface area contributed by atoms with Crippen LogP contribution in [0, 0.1) is 5.82 Å². The zero-order chi connectivity index (χ0) is 23.0. The molecule has 0 radical (unpaired) electrons. The van der Waals surface area contributed by atoms with E-state index >= 15 is 0 Å². The summed E-state index contributed by atoms with van der Waals surface area (Å²) >= 11 is 0. The van der Waals surface area contributed by atoms with Gasteiger partial charge < -0.3 is 26.0 Å². The number of carboxylic acid groups (broad SMARTS) is 1. The van der Waals surface area contributed by atoms with Gasteiger partial charge in [0.25, 0.3) is 0 Å². The molecule has 2 atom stereocenters. The van der Waals surface area contributed by atoms with Gasteiger partial charge in [-0.3, -0.25) is 9.59 Å². The number of anilines is 2. The highest BCUT2D eigenvalue weighted by Gasteiger charge is 2.39. The highest BCUT2D eigenvalue weighted by molar-refractivity contribution is 6.39. The van der Waals surface area contributed by atoms with Gasteiger partial charge in [-0.05, 0) is 55.0 Å². The fourth-order valence-corrected chi connectivity index (χ4v) is 4.03. The topological polar surface area (TPSA) is 129 Å². The number of hydrogen-bond donors (Lipinski definition) is 3. The number of rotatable bonds is 3. The lowest BCUT2D eigenvalue weighted by atomic mass is 9.99. The van der Waals surface area contributed by atoms with Gasteiger partial charge >= 0.3 is 17.9 Å². The molecular weight excluding hydrogens is 417 g/mol. The first kappa shape index (κ1) is 21.5. The van der Waals surface area contributed by atoms with Crippen molar-refractivity contribution in [3.63, 3.8) is 0 Å². The maximum Gasteiger partial charge on any atom is 0.407 e. The first-order valence-electron chi connectivity index (χ1n) is 10.4. The molecule has 1 aliphatic carbocycles. The molecule has 2 fully saturated rings. The summed E-state index contributed by atoms with van der Waals surface area (Å²) in [6.45, 7) is 1.66. The van der Waals surface area contributed by atoms with Crippen LogP contribution in [0.25, 0.3) is 0 Å². The van der Waals surface area contributed by atoms with Gasteiger partial charge in [-0.25, -0.2) is 14.2 Å². The molecule has 4 rings (SSSR count). The molecule has 2 aliphatic rings. The van der Waals surface area contributed by atoms with Gasteiger partial charge in [0.2, 0.25) is 0 Å². The highest BCUT2D eigenvalue weighted by atomic mass is 19.1. The Kier molecular flexibility index (Phi) is 5.68. The van der Waals surface area contributed by atoms with E-state index in [-0.39, 0.29) is 13.1 Å². The zero-order valence-electron chi connectivity index (χ0n) is 17.5. The molecule has 4 N–H and O–H groups in total. The van der Waals surface area contributed by atoms with Crippen molar-refractivity contribution in [1.82, 2.24) is 14.8 Å². The Labute approximate surface area is 184 Å². The van der Waals surface area contributed by atoms with Crippen molar-refractivity contribution < 1.29 is 23.9 Å². The van der Waals surface area contributed by atoms with Gasteiger partial charge in [0.15, 0.2) is 0 Å². The first-order valence-corrected chi connectivity index (χ1v) is 10.4. The number of halogens is 1. The second-order valence-corrected chi connectivity index (χ2v) is 8.24. The van der Waals surface area contributed by atoms with E-state index in [2.05, 4.69) is 10.3 Å². The summed E-state index contributed by atoms with van der Waals surface area (Å²) in [5.74, 6) is -1.39. The van der Waals surface area contributed by atoms with Gasteiger partial charge in [-0.2, -0.15) is 0 Å². The molecule has 1 saturated heterocycles. The van der Waals surface area contributed by atoms with Crippen molar-refractivity contribution in [3.8, 4) is 0 Å². The number of pyridine rings is 1. The van der Waals surface area contributed by atoms with E-state index in [1.165, 1.54) is 40.3 Å². The van der Waals surface area contributed by atoms with Crippen LogP contribution in [0.5, 0.6) is 0 Å². The van der Waals surface area contributed by atoms with Crippen LogP contribution in [0.3, 0.4) is 0 Å². The van der Waals surface area contributed by atoms with Crippen LogP contribution in [-0.2, 0) is 9.59 Å². The Morgan fingerprint density at radius 1 is 1.16 bits per heavy atom. The molecule has 168 valence electrons. The lowest BCUT2D eigenvalue weighted by Crippen LogP contribution is -2.58. The highest BCUT2D eigenvalue weighted by Crippen LogP contribution is 2.42. The molecule has 1 aromatic carbocycles. The normalized spacial score (nSPS) is 20.7. The third kappa shape index (κ3) is 4.34. The van der Waals surface area contributed by atoms with Crippen molar-refractivity contribution in [3.05, 3.63) is 53.5 Å². The molecule has 9 nitrogen and oxygen atoms in total. The SMILES string of the molecule is C[C@@H]1CN(C(=O)C(=O)Nc2cnc(N)c(C3CC3)c2)[C@@H](c2ccc(F)cc2)CN1C(=O)O. The number of amides is 3. The summed E-state index contributed by atoms with van der Waals surface area (Å²) in [5, 5.41) is 12.1. The largest absolute Gasteiger partial charge is 0.465 e. The van der Waals surface area contributed by atoms with Crippen molar-refractivity contribution in [2.75, 3.05) is 24.1 Å². The molecular formula is C22H24FN5O4. The number of nitrogens with two attached hydrogens (primary N) is 1. The van der Waals surface area contributed by atoms with E-state index in [9.17, 15) is 23.9 Å². The Morgan fingerprint density at radius 3 is 2.47 bits per heavy atom. The van der Waals surface area contributed by atoms with Crippen LogP contribution in [0.1, 0.15) is 42.9 Å². The Bertz CT molecular complexity index is 1060. The molecule has 0 spiro atoms. The predicted molar refractivity (Wildman–Crippen MR) is 114 cm³/mol. The minimum Gasteiger partial charge on any atom is -0.465 e. The number of benzene rings is 1. The third-order valence-corrected chi connectivity index (χ3v) is 5.92. The second-order valence-electron chi connectivity index (χ2n) is 8.24. The maximum absolute atomic E-state index is 13.4. The molecule has 2 heterocycles. The second kappa shape index (κ2) is 8.45.